The van der Waals surface area contributed by atoms with E-state index in [1.807, 2.05) is 13.8 Å². The van der Waals surface area contributed by atoms with Crippen LogP contribution in [0.4, 0.5) is 4.39 Å². The summed E-state index contributed by atoms with van der Waals surface area (Å²) in [6, 6.07) is 4.38. The molecular formula is C14H18FN3O. The van der Waals surface area contributed by atoms with Crippen molar-refractivity contribution in [1.82, 2.24) is 9.97 Å². The van der Waals surface area contributed by atoms with Crippen molar-refractivity contribution < 1.29 is 9.13 Å². The van der Waals surface area contributed by atoms with Gasteiger partial charge in [0.2, 0.25) is 0 Å². The summed E-state index contributed by atoms with van der Waals surface area (Å²) < 4.78 is 18.6. The maximum atomic E-state index is 13.3. The Kier molecular flexibility index (Phi) is 3.57. The van der Waals surface area contributed by atoms with Crippen LogP contribution in [0.2, 0.25) is 0 Å². The van der Waals surface area contributed by atoms with E-state index in [4.69, 9.17) is 10.5 Å². The van der Waals surface area contributed by atoms with Gasteiger partial charge in [0.05, 0.1) is 19.0 Å². The lowest BCUT2D eigenvalue weighted by molar-refractivity contribution is 0.415. The number of aromatic amines is 1. The fourth-order valence-corrected chi connectivity index (χ4v) is 1.91. The normalized spacial score (nSPS) is 11.6. The molecule has 102 valence electrons. The highest BCUT2D eigenvalue weighted by Crippen LogP contribution is 2.29. The van der Waals surface area contributed by atoms with E-state index in [2.05, 4.69) is 9.97 Å². The summed E-state index contributed by atoms with van der Waals surface area (Å²) in [5.41, 5.74) is 6.97. The van der Waals surface area contributed by atoms with E-state index in [1.165, 1.54) is 12.1 Å². The zero-order chi connectivity index (χ0) is 14.0. The van der Waals surface area contributed by atoms with E-state index in [0.29, 0.717) is 17.7 Å². The van der Waals surface area contributed by atoms with Gasteiger partial charge in [0.25, 0.3) is 0 Å². The number of rotatable bonds is 4. The van der Waals surface area contributed by atoms with Crippen molar-refractivity contribution in [3.63, 3.8) is 0 Å². The molecule has 4 nitrogen and oxygen atoms in total. The van der Waals surface area contributed by atoms with Gasteiger partial charge >= 0.3 is 0 Å². The summed E-state index contributed by atoms with van der Waals surface area (Å²) in [5.74, 6) is 1.06. The molecule has 19 heavy (non-hydrogen) atoms. The van der Waals surface area contributed by atoms with Crippen LogP contribution in [0.25, 0.3) is 11.3 Å². The summed E-state index contributed by atoms with van der Waals surface area (Å²) in [6.07, 6.45) is 2.28. The maximum Gasteiger partial charge on any atom is 0.128 e. The van der Waals surface area contributed by atoms with E-state index in [0.717, 1.165) is 11.5 Å². The molecule has 0 unspecified atom stereocenters. The minimum atomic E-state index is -0.346. The number of imidazole rings is 1. The van der Waals surface area contributed by atoms with Crippen LogP contribution in [0.15, 0.2) is 24.4 Å². The summed E-state index contributed by atoms with van der Waals surface area (Å²) in [5, 5.41) is 0. The highest BCUT2D eigenvalue weighted by molar-refractivity contribution is 5.66. The van der Waals surface area contributed by atoms with Gasteiger partial charge in [-0.1, -0.05) is 0 Å². The number of H-pyrrole nitrogens is 1. The lowest BCUT2D eigenvalue weighted by Gasteiger charge is -2.16. The number of aromatic nitrogens is 2. The molecule has 0 radical (unpaired) electrons. The number of ether oxygens (including phenoxy) is 1. The Morgan fingerprint density at radius 2 is 2.16 bits per heavy atom. The fourth-order valence-electron chi connectivity index (χ4n) is 1.91. The van der Waals surface area contributed by atoms with Gasteiger partial charge in [0.15, 0.2) is 0 Å². The molecule has 1 aromatic heterocycles. The maximum absolute atomic E-state index is 13.3. The zero-order valence-electron chi connectivity index (χ0n) is 11.3. The second kappa shape index (κ2) is 5.01. The molecule has 0 aliphatic rings. The lowest BCUT2D eigenvalue weighted by atomic mass is 10.0. The van der Waals surface area contributed by atoms with Crippen molar-refractivity contribution in [1.29, 1.82) is 0 Å². The zero-order valence-corrected chi connectivity index (χ0v) is 11.3. The average molecular weight is 263 g/mol. The number of hydrogen-bond donors (Lipinski definition) is 2. The molecule has 2 aromatic rings. The van der Waals surface area contributed by atoms with Crippen molar-refractivity contribution in [2.75, 3.05) is 7.11 Å². The molecule has 0 spiro atoms. The largest absolute Gasteiger partial charge is 0.496 e. The number of nitrogens with one attached hydrogen (secondary N) is 1. The van der Waals surface area contributed by atoms with Gasteiger partial charge in [0, 0.05) is 17.5 Å². The molecule has 0 saturated carbocycles. The van der Waals surface area contributed by atoms with Crippen LogP contribution in [0.5, 0.6) is 5.75 Å². The van der Waals surface area contributed by atoms with Gasteiger partial charge in [0.1, 0.15) is 17.4 Å². The first-order valence-electron chi connectivity index (χ1n) is 6.06. The predicted molar refractivity (Wildman–Crippen MR) is 72.5 cm³/mol. The van der Waals surface area contributed by atoms with Gasteiger partial charge in [-0.15, -0.1) is 0 Å². The molecule has 0 fully saturated rings. The minimum Gasteiger partial charge on any atom is -0.496 e. The molecule has 0 aliphatic carbocycles. The third kappa shape index (κ3) is 3.32. The Bertz CT molecular complexity index is 572. The molecule has 3 N–H and O–H groups in total. The Morgan fingerprint density at radius 1 is 1.42 bits per heavy atom. The number of nitrogens with zero attached hydrogens (tertiary/aromatic N) is 1. The van der Waals surface area contributed by atoms with Crippen LogP contribution in [-0.4, -0.2) is 22.6 Å². The summed E-state index contributed by atoms with van der Waals surface area (Å²) in [6.45, 7) is 3.86. The number of nitrogens with two attached hydrogens (primary N) is 1. The van der Waals surface area contributed by atoms with Crippen molar-refractivity contribution >= 4 is 0 Å². The molecule has 0 bridgehead atoms. The first-order valence-corrected chi connectivity index (χ1v) is 6.06. The standard InChI is InChI=1S/C14H18FN3O/c1-14(2,16)7-13-17-8-11(18-13)10-6-9(15)4-5-12(10)19-3/h4-6,8H,7,16H2,1-3H3,(H,17,18). The molecule has 1 heterocycles. The van der Waals surface area contributed by atoms with Gasteiger partial charge in [-0.05, 0) is 32.0 Å². The summed E-state index contributed by atoms with van der Waals surface area (Å²) >= 11 is 0. The van der Waals surface area contributed by atoms with E-state index in [1.54, 1.807) is 19.4 Å². The van der Waals surface area contributed by atoms with Crippen molar-refractivity contribution in [3.05, 3.63) is 36.0 Å². The quantitative estimate of drug-likeness (QED) is 0.890. The lowest BCUT2D eigenvalue weighted by Crippen LogP contribution is -2.34. The fraction of sp³-hybridized carbons (Fsp3) is 0.357. The molecule has 5 heteroatoms. The van der Waals surface area contributed by atoms with Crippen LogP contribution >= 0.6 is 0 Å². The summed E-state index contributed by atoms with van der Waals surface area (Å²) in [7, 11) is 1.55. The average Bonchev–Trinajstić information content (AvgIpc) is 2.75. The van der Waals surface area contributed by atoms with E-state index >= 15 is 0 Å². The van der Waals surface area contributed by atoms with Crippen LogP contribution in [0.3, 0.4) is 0 Å². The number of methoxy groups -OCH3 is 1. The van der Waals surface area contributed by atoms with Crippen molar-refractivity contribution in [3.8, 4) is 17.0 Å². The first-order chi connectivity index (χ1) is 8.89. The van der Waals surface area contributed by atoms with Crippen LogP contribution in [0.1, 0.15) is 19.7 Å². The number of halogens is 1. The topological polar surface area (TPSA) is 63.9 Å². The SMILES string of the molecule is COc1ccc(F)cc1-c1cnc(CC(C)(C)N)[nH]1. The number of benzene rings is 1. The Hall–Kier alpha value is -1.88. The van der Waals surface area contributed by atoms with Crippen molar-refractivity contribution in [2.24, 2.45) is 5.73 Å². The minimum absolute atomic E-state index is 0.314. The molecule has 0 atom stereocenters. The highest BCUT2D eigenvalue weighted by Gasteiger charge is 2.16. The van der Waals surface area contributed by atoms with Gasteiger partial charge < -0.3 is 15.5 Å². The van der Waals surface area contributed by atoms with E-state index in [-0.39, 0.29) is 11.4 Å². The number of hydrogen-bond acceptors (Lipinski definition) is 3. The Labute approximate surface area is 111 Å². The molecule has 0 aliphatic heterocycles. The third-order valence-electron chi connectivity index (χ3n) is 2.70. The van der Waals surface area contributed by atoms with Crippen molar-refractivity contribution in [2.45, 2.75) is 25.8 Å². The predicted octanol–water partition coefficient (Wildman–Crippen LogP) is 2.50. The first kappa shape index (κ1) is 13.5. The summed E-state index contributed by atoms with van der Waals surface area (Å²) in [4.78, 5) is 7.42. The van der Waals surface area contributed by atoms with Crippen LogP contribution < -0.4 is 10.5 Å². The van der Waals surface area contributed by atoms with Gasteiger partial charge in [-0.2, -0.15) is 0 Å². The van der Waals surface area contributed by atoms with Gasteiger partial charge in [-0.25, -0.2) is 9.37 Å². The van der Waals surface area contributed by atoms with Gasteiger partial charge in [-0.3, -0.25) is 0 Å². The molecule has 2 rings (SSSR count). The Morgan fingerprint density at radius 3 is 2.79 bits per heavy atom. The smallest absolute Gasteiger partial charge is 0.128 e. The molecule has 1 aromatic carbocycles. The second-order valence-electron chi connectivity index (χ2n) is 5.25. The highest BCUT2D eigenvalue weighted by atomic mass is 19.1. The van der Waals surface area contributed by atoms with E-state index in [9.17, 15) is 4.39 Å². The monoisotopic (exact) mass is 263 g/mol. The van der Waals surface area contributed by atoms with Crippen LogP contribution in [0, 0.1) is 5.82 Å². The van der Waals surface area contributed by atoms with Crippen LogP contribution in [-0.2, 0) is 6.42 Å². The molecular weight excluding hydrogens is 245 g/mol. The second-order valence-corrected chi connectivity index (χ2v) is 5.25. The van der Waals surface area contributed by atoms with E-state index < -0.39 is 0 Å². The third-order valence-corrected chi connectivity index (χ3v) is 2.70. The molecule has 0 saturated heterocycles. The Balaban J connectivity index is 2.35. The molecule has 0 amide bonds.